The highest BCUT2D eigenvalue weighted by Crippen LogP contribution is 2.31. The number of fused-ring (bicyclic) bond motifs is 1. The number of hydrogen-bond donors (Lipinski definition) is 2. The first kappa shape index (κ1) is 13.5. The van der Waals surface area contributed by atoms with Gasteiger partial charge >= 0.3 is 0 Å². The van der Waals surface area contributed by atoms with Crippen LogP contribution in [0.5, 0.6) is 5.75 Å². The van der Waals surface area contributed by atoms with Gasteiger partial charge in [-0.2, -0.15) is 0 Å². The number of carbonyl (C=O) groups is 1. The van der Waals surface area contributed by atoms with E-state index < -0.39 is 0 Å². The molecule has 0 saturated carbocycles. The van der Waals surface area contributed by atoms with Crippen LogP contribution in [0.25, 0.3) is 10.9 Å². The van der Waals surface area contributed by atoms with Gasteiger partial charge < -0.3 is 15.5 Å². The second-order valence-corrected chi connectivity index (χ2v) is 5.06. The Morgan fingerprint density at radius 1 is 1.24 bits per heavy atom. The van der Waals surface area contributed by atoms with Crippen molar-refractivity contribution in [3.8, 4) is 5.75 Å². The van der Waals surface area contributed by atoms with Gasteiger partial charge in [0.2, 0.25) is 0 Å². The van der Waals surface area contributed by atoms with Crippen LogP contribution in [-0.4, -0.2) is 17.9 Å². The quantitative estimate of drug-likeness (QED) is 0.573. The van der Waals surface area contributed by atoms with Gasteiger partial charge in [-0.1, -0.05) is 17.7 Å². The molecule has 4 nitrogen and oxygen atoms in total. The SMILES string of the molecule is COc1ccc(N)cc1C(=O)c1c[nH]c2cccc(Cl)c12. The number of rotatable bonds is 3. The van der Waals surface area contributed by atoms with Gasteiger partial charge in [0.1, 0.15) is 5.75 Å². The Balaban J connectivity index is 2.20. The minimum atomic E-state index is -0.182. The van der Waals surface area contributed by atoms with Crippen molar-refractivity contribution in [2.24, 2.45) is 0 Å². The number of nitrogens with two attached hydrogens (primary N) is 1. The van der Waals surface area contributed by atoms with E-state index in [1.54, 1.807) is 30.5 Å². The van der Waals surface area contributed by atoms with E-state index in [1.807, 2.05) is 12.1 Å². The summed E-state index contributed by atoms with van der Waals surface area (Å²) in [6, 6.07) is 10.4. The van der Waals surface area contributed by atoms with Crippen molar-refractivity contribution in [3.05, 3.63) is 58.7 Å². The molecule has 3 rings (SSSR count). The molecule has 3 N–H and O–H groups in total. The largest absolute Gasteiger partial charge is 0.496 e. The predicted molar refractivity (Wildman–Crippen MR) is 84.1 cm³/mol. The molecular weight excluding hydrogens is 288 g/mol. The third-order valence-electron chi connectivity index (χ3n) is 3.37. The number of ether oxygens (including phenoxy) is 1. The van der Waals surface area contributed by atoms with E-state index in [0.717, 1.165) is 5.52 Å². The number of methoxy groups -OCH3 is 1. The summed E-state index contributed by atoms with van der Waals surface area (Å²) in [4.78, 5) is 15.8. The number of ketones is 1. The van der Waals surface area contributed by atoms with Crippen LogP contribution in [0.2, 0.25) is 5.02 Å². The van der Waals surface area contributed by atoms with E-state index >= 15 is 0 Å². The fourth-order valence-corrected chi connectivity index (χ4v) is 2.64. The van der Waals surface area contributed by atoms with E-state index in [2.05, 4.69) is 4.98 Å². The summed E-state index contributed by atoms with van der Waals surface area (Å²) in [5, 5.41) is 1.23. The molecule has 0 bridgehead atoms. The molecule has 0 aliphatic rings. The first-order valence-corrected chi connectivity index (χ1v) is 6.73. The number of H-pyrrole nitrogens is 1. The van der Waals surface area contributed by atoms with Crippen molar-refractivity contribution in [3.63, 3.8) is 0 Å². The summed E-state index contributed by atoms with van der Waals surface area (Å²) < 4.78 is 5.24. The standard InChI is InChI=1S/C16H13ClN2O2/c1-21-14-6-5-9(18)7-10(14)16(20)11-8-19-13-4-2-3-12(17)15(11)13/h2-8,19H,18H2,1H3. The van der Waals surface area contributed by atoms with Gasteiger partial charge in [-0.05, 0) is 30.3 Å². The first-order valence-electron chi connectivity index (χ1n) is 6.35. The summed E-state index contributed by atoms with van der Waals surface area (Å²) in [6.07, 6.45) is 1.65. The minimum absolute atomic E-state index is 0.182. The number of carbonyl (C=O) groups excluding carboxylic acids is 1. The van der Waals surface area contributed by atoms with Crippen LogP contribution in [0.1, 0.15) is 15.9 Å². The third kappa shape index (κ3) is 2.23. The van der Waals surface area contributed by atoms with Gasteiger partial charge in [0, 0.05) is 28.4 Å². The van der Waals surface area contributed by atoms with E-state index in [-0.39, 0.29) is 5.78 Å². The molecular formula is C16H13ClN2O2. The normalized spacial score (nSPS) is 10.8. The van der Waals surface area contributed by atoms with Crippen LogP contribution in [0, 0.1) is 0 Å². The smallest absolute Gasteiger partial charge is 0.199 e. The molecule has 0 aliphatic heterocycles. The summed E-state index contributed by atoms with van der Waals surface area (Å²) in [5.74, 6) is 0.300. The van der Waals surface area contributed by atoms with Crippen LogP contribution in [0.15, 0.2) is 42.6 Å². The molecule has 106 valence electrons. The summed E-state index contributed by atoms with van der Waals surface area (Å²) in [5.41, 5.74) is 8.01. The lowest BCUT2D eigenvalue weighted by atomic mass is 10.0. The topological polar surface area (TPSA) is 68.1 Å². The molecule has 5 heteroatoms. The Morgan fingerprint density at radius 2 is 2.05 bits per heavy atom. The molecule has 0 spiro atoms. The van der Waals surface area contributed by atoms with E-state index in [1.165, 1.54) is 7.11 Å². The van der Waals surface area contributed by atoms with Gasteiger partial charge in [0.15, 0.2) is 5.78 Å². The zero-order chi connectivity index (χ0) is 15.0. The number of hydrogen-bond acceptors (Lipinski definition) is 3. The van der Waals surface area contributed by atoms with Gasteiger partial charge in [-0.25, -0.2) is 0 Å². The highest BCUT2D eigenvalue weighted by atomic mass is 35.5. The van der Waals surface area contributed by atoms with E-state index in [9.17, 15) is 4.79 Å². The highest BCUT2D eigenvalue weighted by molar-refractivity contribution is 6.37. The van der Waals surface area contributed by atoms with Crippen molar-refractivity contribution in [2.75, 3.05) is 12.8 Å². The fraction of sp³-hybridized carbons (Fsp3) is 0.0625. The lowest BCUT2D eigenvalue weighted by Crippen LogP contribution is -2.04. The monoisotopic (exact) mass is 300 g/mol. The number of nitrogen functional groups attached to an aromatic ring is 1. The second-order valence-electron chi connectivity index (χ2n) is 4.65. The Kier molecular flexibility index (Phi) is 3.31. The molecule has 1 heterocycles. The lowest BCUT2D eigenvalue weighted by molar-refractivity contribution is 0.103. The zero-order valence-electron chi connectivity index (χ0n) is 11.3. The van der Waals surface area contributed by atoms with Crippen molar-refractivity contribution >= 4 is 34.0 Å². The van der Waals surface area contributed by atoms with Crippen molar-refractivity contribution in [1.29, 1.82) is 0 Å². The van der Waals surface area contributed by atoms with Gasteiger partial charge in [-0.15, -0.1) is 0 Å². The van der Waals surface area contributed by atoms with Crippen molar-refractivity contribution in [2.45, 2.75) is 0 Å². The number of aromatic nitrogens is 1. The molecule has 0 fully saturated rings. The van der Waals surface area contributed by atoms with Crippen LogP contribution >= 0.6 is 11.6 Å². The number of aromatic amines is 1. The molecule has 0 radical (unpaired) electrons. The summed E-state index contributed by atoms with van der Waals surface area (Å²) in [7, 11) is 1.52. The maximum atomic E-state index is 12.8. The number of halogens is 1. The van der Waals surface area contributed by atoms with Crippen LogP contribution in [-0.2, 0) is 0 Å². The molecule has 21 heavy (non-hydrogen) atoms. The summed E-state index contributed by atoms with van der Waals surface area (Å²) in [6.45, 7) is 0. The first-order chi connectivity index (χ1) is 10.1. The molecule has 0 unspecified atom stereocenters. The Bertz CT molecular complexity index is 839. The van der Waals surface area contributed by atoms with E-state index in [4.69, 9.17) is 22.1 Å². The Morgan fingerprint density at radius 3 is 2.81 bits per heavy atom. The number of anilines is 1. The average molecular weight is 301 g/mol. The van der Waals surface area contributed by atoms with Crippen molar-refractivity contribution in [1.82, 2.24) is 4.98 Å². The predicted octanol–water partition coefficient (Wildman–Crippen LogP) is 3.64. The van der Waals surface area contributed by atoms with E-state index in [0.29, 0.717) is 33.0 Å². The average Bonchev–Trinajstić information content (AvgIpc) is 2.92. The molecule has 3 aromatic rings. The molecule has 1 aromatic heterocycles. The Labute approximate surface area is 126 Å². The maximum Gasteiger partial charge on any atom is 0.199 e. The highest BCUT2D eigenvalue weighted by Gasteiger charge is 2.19. The molecule has 0 amide bonds. The maximum absolute atomic E-state index is 12.8. The molecule has 0 atom stereocenters. The zero-order valence-corrected chi connectivity index (χ0v) is 12.1. The second kappa shape index (κ2) is 5.14. The fourth-order valence-electron chi connectivity index (χ4n) is 2.37. The lowest BCUT2D eigenvalue weighted by Gasteiger charge is -2.08. The van der Waals surface area contributed by atoms with Gasteiger partial charge in [0.05, 0.1) is 17.7 Å². The molecule has 0 saturated heterocycles. The number of benzene rings is 2. The van der Waals surface area contributed by atoms with Crippen LogP contribution < -0.4 is 10.5 Å². The van der Waals surface area contributed by atoms with Crippen LogP contribution in [0.4, 0.5) is 5.69 Å². The van der Waals surface area contributed by atoms with Gasteiger partial charge in [0.25, 0.3) is 0 Å². The Hall–Kier alpha value is -2.46. The molecule has 0 aliphatic carbocycles. The number of nitrogens with one attached hydrogen (secondary N) is 1. The summed E-state index contributed by atoms with van der Waals surface area (Å²) >= 11 is 6.21. The minimum Gasteiger partial charge on any atom is -0.496 e. The van der Waals surface area contributed by atoms with Crippen molar-refractivity contribution < 1.29 is 9.53 Å². The van der Waals surface area contributed by atoms with Gasteiger partial charge in [-0.3, -0.25) is 4.79 Å². The molecule has 2 aromatic carbocycles. The van der Waals surface area contributed by atoms with Crippen LogP contribution in [0.3, 0.4) is 0 Å². The third-order valence-corrected chi connectivity index (χ3v) is 3.68.